The van der Waals surface area contributed by atoms with Crippen molar-refractivity contribution in [2.75, 3.05) is 11.4 Å². The number of carboxylic acid groups (broad SMARTS) is 1. The van der Waals surface area contributed by atoms with Crippen molar-refractivity contribution >= 4 is 17.4 Å². The van der Waals surface area contributed by atoms with Gasteiger partial charge >= 0.3 is 5.97 Å². The third-order valence-corrected chi connectivity index (χ3v) is 4.17. The Morgan fingerprint density at radius 3 is 2.88 bits per heavy atom. The molecule has 0 fully saturated rings. The average Bonchev–Trinajstić information content (AvgIpc) is 3.17. The highest BCUT2D eigenvalue weighted by Gasteiger charge is 2.25. The summed E-state index contributed by atoms with van der Waals surface area (Å²) >= 11 is 0. The molecule has 3 aromatic rings. The second-order valence-electron chi connectivity index (χ2n) is 6.12. The van der Waals surface area contributed by atoms with Crippen molar-refractivity contribution in [1.82, 2.24) is 29.1 Å². The van der Waals surface area contributed by atoms with Crippen LogP contribution in [0.1, 0.15) is 41.9 Å². The van der Waals surface area contributed by atoms with Crippen molar-refractivity contribution in [1.29, 1.82) is 0 Å². The molecule has 3 aromatic heterocycles. The first kappa shape index (κ1) is 14.6. The van der Waals surface area contributed by atoms with Gasteiger partial charge in [0.2, 0.25) is 0 Å². The standard InChI is InChI=1S/C15H17N7O2/c1-9(2)12-19-18-11-8-21(5-6-22(11)12)13-14-17-10(15(23)24)7-20(14)4-3-16-13/h3-4,7,9H,5-6,8H2,1-2H3,(H,23,24). The lowest BCUT2D eigenvalue weighted by Gasteiger charge is -2.29. The molecule has 24 heavy (non-hydrogen) atoms. The van der Waals surface area contributed by atoms with Gasteiger partial charge in [0.25, 0.3) is 0 Å². The second kappa shape index (κ2) is 5.29. The van der Waals surface area contributed by atoms with Crippen LogP contribution in [0, 0.1) is 0 Å². The lowest BCUT2D eigenvalue weighted by atomic mass is 10.2. The number of fused-ring (bicyclic) bond motifs is 2. The monoisotopic (exact) mass is 327 g/mol. The quantitative estimate of drug-likeness (QED) is 0.770. The lowest BCUT2D eigenvalue weighted by Crippen LogP contribution is -2.35. The maximum Gasteiger partial charge on any atom is 0.356 e. The maximum atomic E-state index is 11.2. The first-order chi connectivity index (χ1) is 11.5. The van der Waals surface area contributed by atoms with Gasteiger partial charge in [-0.15, -0.1) is 10.2 Å². The van der Waals surface area contributed by atoms with E-state index in [2.05, 4.69) is 43.5 Å². The van der Waals surface area contributed by atoms with Gasteiger partial charge in [0.05, 0.1) is 6.54 Å². The molecule has 0 aromatic carbocycles. The zero-order valence-corrected chi connectivity index (χ0v) is 13.4. The van der Waals surface area contributed by atoms with Crippen molar-refractivity contribution in [3.8, 4) is 0 Å². The zero-order valence-electron chi connectivity index (χ0n) is 13.4. The van der Waals surface area contributed by atoms with E-state index in [1.807, 2.05) is 0 Å². The minimum Gasteiger partial charge on any atom is -0.476 e. The SMILES string of the molecule is CC(C)c1nnc2n1CCN(c1nccn3cc(C(=O)O)nc13)C2. The van der Waals surface area contributed by atoms with Crippen molar-refractivity contribution in [2.24, 2.45) is 0 Å². The van der Waals surface area contributed by atoms with Gasteiger partial charge in [-0.05, 0) is 0 Å². The summed E-state index contributed by atoms with van der Waals surface area (Å²) in [6.45, 7) is 6.28. The molecule has 124 valence electrons. The molecule has 4 rings (SSSR count). The number of imidazole rings is 1. The van der Waals surface area contributed by atoms with Crippen LogP contribution < -0.4 is 4.90 Å². The van der Waals surface area contributed by atoms with Gasteiger partial charge in [0.15, 0.2) is 23.0 Å². The molecule has 9 heteroatoms. The van der Waals surface area contributed by atoms with Crippen LogP contribution >= 0.6 is 0 Å². The van der Waals surface area contributed by atoms with E-state index in [1.165, 1.54) is 6.20 Å². The molecular weight excluding hydrogens is 310 g/mol. The van der Waals surface area contributed by atoms with Crippen molar-refractivity contribution < 1.29 is 9.90 Å². The van der Waals surface area contributed by atoms with E-state index in [9.17, 15) is 4.79 Å². The van der Waals surface area contributed by atoms with Gasteiger partial charge in [-0.25, -0.2) is 14.8 Å². The summed E-state index contributed by atoms with van der Waals surface area (Å²) in [5, 5.41) is 17.7. The fourth-order valence-electron chi connectivity index (χ4n) is 3.02. The predicted molar refractivity (Wildman–Crippen MR) is 85.1 cm³/mol. The van der Waals surface area contributed by atoms with E-state index >= 15 is 0 Å². The van der Waals surface area contributed by atoms with Crippen LogP contribution in [0.4, 0.5) is 5.82 Å². The fourth-order valence-corrected chi connectivity index (χ4v) is 3.02. The van der Waals surface area contributed by atoms with E-state index in [4.69, 9.17) is 5.11 Å². The van der Waals surface area contributed by atoms with Crippen LogP contribution in [0.2, 0.25) is 0 Å². The number of hydrogen-bond donors (Lipinski definition) is 1. The number of rotatable bonds is 3. The number of carboxylic acids is 1. The Hall–Kier alpha value is -2.97. The van der Waals surface area contributed by atoms with E-state index < -0.39 is 5.97 Å². The van der Waals surface area contributed by atoms with Crippen LogP contribution in [0.5, 0.6) is 0 Å². The Morgan fingerprint density at radius 1 is 1.29 bits per heavy atom. The van der Waals surface area contributed by atoms with Crippen LogP contribution in [0.25, 0.3) is 5.65 Å². The number of aromatic carboxylic acids is 1. The normalized spacial score (nSPS) is 14.4. The van der Waals surface area contributed by atoms with Crippen LogP contribution in [-0.2, 0) is 13.1 Å². The molecule has 9 nitrogen and oxygen atoms in total. The molecule has 0 aliphatic carbocycles. The number of aromatic nitrogens is 6. The van der Waals surface area contributed by atoms with Crippen LogP contribution in [0.15, 0.2) is 18.6 Å². The van der Waals surface area contributed by atoms with Crippen molar-refractivity contribution in [3.05, 3.63) is 35.9 Å². The van der Waals surface area contributed by atoms with Crippen molar-refractivity contribution in [2.45, 2.75) is 32.9 Å². The molecule has 0 saturated heterocycles. The molecule has 0 radical (unpaired) electrons. The van der Waals surface area contributed by atoms with Gasteiger partial charge in [0.1, 0.15) is 5.82 Å². The summed E-state index contributed by atoms with van der Waals surface area (Å²) in [5.41, 5.74) is 0.540. The summed E-state index contributed by atoms with van der Waals surface area (Å²) in [6, 6.07) is 0. The molecular formula is C15H17N7O2. The minimum absolute atomic E-state index is 0.00604. The number of anilines is 1. The Morgan fingerprint density at radius 2 is 2.12 bits per heavy atom. The molecule has 0 atom stereocenters. The van der Waals surface area contributed by atoms with Crippen molar-refractivity contribution in [3.63, 3.8) is 0 Å². The third kappa shape index (κ3) is 2.20. The molecule has 0 bridgehead atoms. The smallest absolute Gasteiger partial charge is 0.356 e. The van der Waals surface area contributed by atoms with E-state index in [-0.39, 0.29) is 5.69 Å². The molecule has 1 aliphatic heterocycles. The summed E-state index contributed by atoms with van der Waals surface area (Å²) in [7, 11) is 0. The molecule has 0 amide bonds. The Kier molecular flexibility index (Phi) is 3.22. The van der Waals surface area contributed by atoms with E-state index in [0.29, 0.717) is 23.9 Å². The minimum atomic E-state index is -1.05. The van der Waals surface area contributed by atoms with Gasteiger partial charge < -0.3 is 19.0 Å². The highest BCUT2D eigenvalue weighted by atomic mass is 16.4. The largest absolute Gasteiger partial charge is 0.476 e. The first-order valence-electron chi connectivity index (χ1n) is 7.78. The summed E-state index contributed by atoms with van der Waals surface area (Å²) in [4.78, 5) is 21.8. The second-order valence-corrected chi connectivity index (χ2v) is 6.12. The number of carbonyl (C=O) groups is 1. The van der Waals surface area contributed by atoms with Gasteiger partial charge in [-0.2, -0.15) is 0 Å². The Labute approximate surface area is 137 Å². The topological polar surface area (TPSA) is 101 Å². The molecule has 1 N–H and O–H groups in total. The van der Waals surface area contributed by atoms with Gasteiger partial charge in [-0.1, -0.05) is 13.8 Å². The average molecular weight is 327 g/mol. The van der Waals surface area contributed by atoms with E-state index in [0.717, 1.165) is 24.7 Å². The lowest BCUT2D eigenvalue weighted by molar-refractivity contribution is 0.0691. The molecule has 1 aliphatic rings. The van der Waals surface area contributed by atoms with Crippen LogP contribution in [0.3, 0.4) is 0 Å². The van der Waals surface area contributed by atoms with Crippen LogP contribution in [-0.4, -0.2) is 46.8 Å². The Balaban J connectivity index is 1.72. The highest BCUT2D eigenvalue weighted by Crippen LogP contribution is 2.24. The van der Waals surface area contributed by atoms with Gasteiger partial charge in [0, 0.05) is 37.6 Å². The predicted octanol–water partition coefficient (Wildman–Crippen LogP) is 1.16. The summed E-state index contributed by atoms with van der Waals surface area (Å²) in [5.74, 6) is 1.81. The van der Waals surface area contributed by atoms with Gasteiger partial charge in [-0.3, -0.25) is 0 Å². The third-order valence-electron chi connectivity index (χ3n) is 4.17. The van der Waals surface area contributed by atoms with E-state index in [1.54, 1.807) is 16.8 Å². The summed E-state index contributed by atoms with van der Waals surface area (Å²) in [6.07, 6.45) is 4.84. The first-order valence-corrected chi connectivity index (χ1v) is 7.78. The zero-order chi connectivity index (χ0) is 16.8. The Bertz CT molecular complexity index is 927. The number of nitrogens with zero attached hydrogens (tertiary/aromatic N) is 7. The fraction of sp³-hybridized carbons (Fsp3) is 0.400. The number of hydrogen-bond acceptors (Lipinski definition) is 6. The maximum absolute atomic E-state index is 11.2. The molecule has 0 saturated carbocycles. The molecule has 4 heterocycles. The summed E-state index contributed by atoms with van der Waals surface area (Å²) < 4.78 is 3.83. The molecule has 0 spiro atoms. The highest BCUT2D eigenvalue weighted by molar-refractivity contribution is 5.87. The molecule has 0 unspecified atom stereocenters.